The number of amides is 1. The van der Waals surface area contributed by atoms with Crippen LogP contribution in [0.5, 0.6) is 0 Å². The fourth-order valence-corrected chi connectivity index (χ4v) is 1.11. The number of hydrogen-bond acceptors (Lipinski definition) is 3. The minimum Gasteiger partial charge on any atom is -0.619 e. The summed E-state index contributed by atoms with van der Waals surface area (Å²) in [6.45, 7) is 5.53. The van der Waals surface area contributed by atoms with Gasteiger partial charge in [-0.25, -0.2) is 4.79 Å². The van der Waals surface area contributed by atoms with Crippen LogP contribution in [-0.2, 0) is 4.74 Å². The maximum Gasteiger partial charge on any atom is 0.408 e. The molecule has 1 amide bonds. The van der Waals surface area contributed by atoms with Crippen molar-refractivity contribution in [1.82, 2.24) is 5.32 Å². The lowest BCUT2D eigenvalue weighted by Gasteiger charge is -2.18. The van der Waals surface area contributed by atoms with E-state index in [0.29, 0.717) is 10.3 Å². The van der Waals surface area contributed by atoms with Gasteiger partial charge in [0.2, 0.25) is 0 Å². The first kappa shape index (κ1) is 13.8. The molecular formula is C13H16N2O3. The lowest BCUT2D eigenvalue weighted by Crippen LogP contribution is -2.32. The summed E-state index contributed by atoms with van der Waals surface area (Å²) in [4.78, 5) is 11.3. The van der Waals surface area contributed by atoms with E-state index in [1.54, 1.807) is 32.9 Å². The number of carbonyl (C=O) groups excluding carboxylic acids is 1. The minimum atomic E-state index is -0.523. The second-order valence-corrected chi connectivity index (χ2v) is 4.61. The zero-order chi connectivity index (χ0) is 13.6. The van der Waals surface area contributed by atoms with E-state index in [9.17, 15) is 10.0 Å². The molecule has 18 heavy (non-hydrogen) atoms. The monoisotopic (exact) mass is 248 g/mol. The van der Waals surface area contributed by atoms with Gasteiger partial charge in [0.15, 0.2) is 12.4 Å². The molecule has 0 unspecified atom stereocenters. The Hall–Kier alpha value is -2.22. The van der Waals surface area contributed by atoms with Crippen molar-refractivity contribution >= 4 is 6.09 Å². The van der Waals surface area contributed by atoms with Gasteiger partial charge in [-0.2, -0.15) is 4.73 Å². The van der Waals surface area contributed by atoms with E-state index in [2.05, 4.69) is 17.2 Å². The van der Waals surface area contributed by atoms with Crippen molar-refractivity contribution in [2.24, 2.45) is 0 Å². The van der Waals surface area contributed by atoms with Crippen LogP contribution in [0.15, 0.2) is 24.5 Å². The molecular weight excluding hydrogens is 232 g/mol. The van der Waals surface area contributed by atoms with Gasteiger partial charge in [0.05, 0.1) is 12.1 Å². The summed E-state index contributed by atoms with van der Waals surface area (Å²) in [6, 6.07) is 3.33. The molecule has 5 heteroatoms. The molecule has 1 heterocycles. The fraction of sp³-hybridized carbons (Fsp3) is 0.385. The quantitative estimate of drug-likeness (QED) is 0.461. The standard InChI is InChI=1S/C13H16N2O3/c1-13(2,3)18-12(16)14-8-4-6-11-7-5-9-15(17)10-11/h5,7,9-10H,8H2,1-3H3,(H,14,16). The van der Waals surface area contributed by atoms with Crippen LogP contribution < -0.4 is 10.0 Å². The van der Waals surface area contributed by atoms with Crippen LogP contribution in [0.3, 0.4) is 0 Å². The number of pyridine rings is 1. The van der Waals surface area contributed by atoms with Gasteiger partial charge in [0.1, 0.15) is 5.60 Å². The fourth-order valence-electron chi connectivity index (χ4n) is 1.11. The Bertz CT molecular complexity index is 481. The van der Waals surface area contributed by atoms with Crippen LogP contribution in [0.2, 0.25) is 0 Å². The Morgan fingerprint density at radius 2 is 2.28 bits per heavy atom. The second-order valence-electron chi connectivity index (χ2n) is 4.61. The van der Waals surface area contributed by atoms with E-state index in [1.807, 2.05) is 0 Å². The summed E-state index contributed by atoms with van der Waals surface area (Å²) in [5.41, 5.74) is 0.0730. The number of hydrogen-bond donors (Lipinski definition) is 1. The van der Waals surface area contributed by atoms with Crippen LogP contribution in [0.4, 0.5) is 4.79 Å². The highest BCUT2D eigenvalue weighted by molar-refractivity contribution is 5.68. The van der Waals surface area contributed by atoms with Gasteiger partial charge >= 0.3 is 6.09 Å². The van der Waals surface area contributed by atoms with Gasteiger partial charge in [-0.15, -0.1) is 0 Å². The molecule has 0 saturated heterocycles. The van der Waals surface area contributed by atoms with E-state index in [0.717, 1.165) is 0 Å². The lowest BCUT2D eigenvalue weighted by molar-refractivity contribution is -0.605. The Morgan fingerprint density at radius 1 is 1.56 bits per heavy atom. The van der Waals surface area contributed by atoms with E-state index in [4.69, 9.17) is 4.74 Å². The smallest absolute Gasteiger partial charge is 0.408 e. The van der Waals surface area contributed by atoms with Gasteiger partial charge in [-0.3, -0.25) is 0 Å². The van der Waals surface area contributed by atoms with Crippen molar-refractivity contribution in [3.8, 4) is 11.8 Å². The highest BCUT2D eigenvalue weighted by Crippen LogP contribution is 2.05. The van der Waals surface area contributed by atoms with Crippen molar-refractivity contribution in [1.29, 1.82) is 0 Å². The lowest BCUT2D eigenvalue weighted by atomic mass is 10.2. The Balaban J connectivity index is 2.41. The number of nitrogens with one attached hydrogen (secondary N) is 1. The number of carbonyl (C=O) groups is 1. The molecule has 1 aromatic heterocycles. The third-order valence-electron chi connectivity index (χ3n) is 1.73. The maximum atomic E-state index is 11.3. The molecule has 0 aliphatic heterocycles. The highest BCUT2D eigenvalue weighted by Gasteiger charge is 2.14. The molecule has 5 nitrogen and oxygen atoms in total. The van der Waals surface area contributed by atoms with E-state index in [1.165, 1.54) is 12.4 Å². The van der Waals surface area contributed by atoms with Gasteiger partial charge in [0.25, 0.3) is 0 Å². The van der Waals surface area contributed by atoms with Crippen molar-refractivity contribution in [3.05, 3.63) is 35.3 Å². The molecule has 96 valence electrons. The predicted octanol–water partition coefficient (Wildman–Crippen LogP) is 1.20. The largest absolute Gasteiger partial charge is 0.619 e. The van der Waals surface area contributed by atoms with Gasteiger partial charge in [0, 0.05) is 6.07 Å². The third kappa shape index (κ3) is 5.75. The summed E-state index contributed by atoms with van der Waals surface area (Å²) in [5.74, 6) is 5.49. The molecule has 0 fully saturated rings. The molecule has 1 rings (SSSR count). The third-order valence-corrected chi connectivity index (χ3v) is 1.73. The van der Waals surface area contributed by atoms with E-state index >= 15 is 0 Å². The topological polar surface area (TPSA) is 65.3 Å². The number of aromatic nitrogens is 1. The summed E-state index contributed by atoms with van der Waals surface area (Å²) >= 11 is 0. The van der Waals surface area contributed by atoms with Crippen LogP contribution in [0, 0.1) is 17.0 Å². The van der Waals surface area contributed by atoms with Crippen LogP contribution in [0.25, 0.3) is 0 Å². The van der Waals surface area contributed by atoms with Gasteiger partial charge in [-0.05, 0) is 26.8 Å². The normalized spacial score (nSPS) is 10.2. The van der Waals surface area contributed by atoms with Gasteiger partial charge < -0.3 is 15.3 Å². The Morgan fingerprint density at radius 3 is 2.89 bits per heavy atom. The second kappa shape index (κ2) is 5.92. The first-order chi connectivity index (χ1) is 8.37. The molecule has 1 N–H and O–H groups in total. The first-order valence-electron chi connectivity index (χ1n) is 5.51. The molecule has 0 radical (unpaired) electrons. The average Bonchev–Trinajstić information content (AvgIpc) is 2.22. The summed E-state index contributed by atoms with van der Waals surface area (Å²) in [6.07, 6.45) is 2.23. The van der Waals surface area contributed by atoms with E-state index < -0.39 is 11.7 Å². The van der Waals surface area contributed by atoms with Crippen molar-refractivity contribution in [2.45, 2.75) is 26.4 Å². The first-order valence-corrected chi connectivity index (χ1v) is 5.51. The molecule has 0 aliphatic rings. The van der Waals surface area contributed by atoms with Crippen molar-refractivity contribution in [2.75, 3.05) is 6.54 Å². The number of alkyl carbamates (subject to hydrolysis) is 1. The molecule has 0 saturated carbocycles. The minimum absolute atomic E-state index is 0.169. The predicted molar refractivity (Wildman–Crippen MR) is 66.5 cm³/mol. The SMILES string of the molecule is CC(C)(C)OC(=O)NCC#Cc1ccc[n+]([O-])c1. The Kier molecular flexibility index (Phi) is 4.55. The maximum absolute atomic E-state index is 11.3. The zero-order valence-corrected chi connectivity index (χ0v) is 10.7. The average molecular weight is 248 g/mol. The number of ether oxygens (including phenoxy) is 1. The van der Waals surface area contributed by atoms with Gasteiger partial charge in [-0.1, -0.05) is 11.8 Å². The van der Waals surface area contributed by atoms with Crippen LogP contribution >= 0.6 is 0 Å². The summed E-state index contributed by atoms with van der Waals surface area (Å²) in [7, 11) is 0. The van der Waals surface area contributed by atoms with Crippen LogP contribution in [0.1, 0.15) is 26.3 Å². The number of rotatable bonds is 1. The number of nitrogens with zero attached hydrogens (tertiary/aromatic N) is 1. The summed E-state index contributed by atoms with van der Waals surface area (Å²) < 4.78 is 5.71. The Labute approximate surface area is 106 Å². The van der Waals surface area contributed by atoms with Crippen molar-refractivity contribution < 1.29 is 14.3 Å². The van der Waals surface area contributed by atoms with Crippen LogP contribution in [-0.4, -0.2) is 18.2 Å². The molecule has 0 aliphatic carbocycles. The van der Waals surface area contributed by atoms with Crippen molar-refractivity contribution in [3.63, 3.8) is 0 Å². The molecule has 0 aromatic carbocycles. The molecule has 0 atom stereocenters. The molecule has 0 bridgehead atoms. The van der Waals surface area contributed by atoms with E-state index in [-0.39, 0.29) is 6.54 Å². The zero-order valence-electron chi connectivity index (χ0n) is 10.7. The highest BCUT2D eigenvalue weighted by atomic mass is 16.6. The molecule has 0 spiro atoms. The molecule has 1 aromatic rings. The summed E-state index contributed by atoms with van der Waals surface area (Å²) in [5, 5.41) is 13.5.